The zero-order valence-electron chi connectivity index (χ0n) is 18.1. The lowest BCUT2D eigenvalue weighted by Gasteiger charge is -2.39. The molecule has 2 bridgehead atoms. The summed E-state index contributed by atoms with van der Waals surface area (Å²) >= 11 is 0. The Bertz CT molecular complexity index is 999. The maximum absolute atomic E-state index is 13.9. The number of esters is 1. The SMILES string of the molecule is CCOC(=O)c1[nH]c2ccc(F)cc2c1NC(=O)CN1C[C@@]2(C)C[C@H]1CC(C)(C)C2. The molecule has 2 aliphatic rings. The van der Waals surface area contributed by atoms with E-state index < -0.39 is 11.8 Å². The number of aromatic amines is 1. The monoisotopic (exact) mass is 415 g/mol. The van der Waals surface area contributed by atoms with Gasteiger partial charge in [-0.3, -0.25) is 9.69 Å². The first-order chi connectivity index (χ1) is 14.1. The van der Waals surface area contributed by atoms with Crippen molar-refractivity contribution >= 4 is 28.5 Å². The molecule has 0 spiro atoms. The fourth-order valence-corrected chi connectivity index (χ4v) is 5.78. The van der Waals surface area contributed by atoms with Crippen LogP contribution in [0.5, 0.6) is 0 Å². The molecule has 7 heteroatoms. The number of rotatable bonds is 5. The van der Waals surface area contributed by atoms with Crippen LogP contribution in [0, 0.1) is 16.6 Å². The van der Waals surface area contributed by atoms with Crippen LogP contribution in [0.4, 0.5) is 10.1 Å². The number of fused-ring (bicyclic) bond motifs is 3. The molecule has 162 valence electrons. The molecule has 1 amide bonds. The number of amides is 1. The van der Waals surface area contributed by atoms with Crippen LogP contribution in [0.3, 0.4) is 0 Å². The van der Waals surface area contributed by atoms with E-state index in [1.54, 1.807) is 13.0 Å². The van der Waals surface area contributed by atoms with Crippen LogP contribution in [0.25, 0.3) is 10.9 Å². The summed E-state index contributed by atoms with van der Waals surface area (Å²) in [4.78, 5) is 30.6. The van der Waals surface area contributed by atoms with E-state index >= 15 is 0 Å². The Morgan fingerprint density at radius 2 is 2.07 bits per heavy atom. The molecule has 1 aliphatic heterocycles. The minimum atomic E-state index is -0.573. The predicted molar refractivity (Wildman–Crippen MR) is 114 cm³/mol. The number of ether oxygens (including phenoxy) is 1. The van der Waals surface area contributed by atoms with Crippen LogP contribution in [0.1, 0.15) is 57.4 Å². The Morgan fingerprint density at radius 3 is 2.80 bits per heavy atom. The van der Waals surface area contributed by atoms with Crippen molar-refractivity contribution in [1.29, 1.82) is 0 Å². The molecule has 2 atom stereocenters. The van der Waals surface area contributed by atoms with Gasteiger partial charge in [-0.05, 0) is 55.2 Å². The standard InChI is InChI=1S/C23H30FN3O3/c1-5-30-21(29)20-19(16-8-14(24)6-7-17(16)25-20)26-18(28)11-27-13-23(4)10-15(27)9-22(2,3)12-23/h6-8,15,25H,5,9-13H2,1-4H3,(H,26,28)/t15-,23+/m1/s1. The van der Waals surface area contributed by atoms with Crippen molar-refractivity contribution in [2.75, 3.05) is 25.0 Å². The first-order valence-electron chi connectivity index (χ1n) is 10.6. The average molecular weight is 416 g/mol. The fraction of sp³-hybridized carbons (Fsp3) is 0.565. The molecule has 1 saturated carbocycles. The average Bonchev–Trinajstić information content (AvgIpc) is 3.08. The molecule has 2 N–H and O–H groups in total. The number of nitrogens with zero attached hydrogens (tertiary/aromatic N) is 1. The summed E-state index contributed by atoms with van der Waals surface area (Å²) in [6, 6.07) is 4.56. The zero-order valence-corrected chi connectivity index (χ0v) is 18.1. The Balaban J connectivity index is 1.57. The van der Waals surface area contributed by atoms with Crippen LogP contribution >= 0.6 is 0 Å². The van der Waals surface area contributed by atoms with Crippen molar-refractivity contribution in [1.82, 2.24) is 9.88 Å². The number of benzene rings is 1. The summed E-state index contributed by atoms with van der Waals surface area (Å²) in [5.74, 6) is -1.22. The molecule has 1 aromatic carbocycles. The molecule has 0 unspecified atom stereocenters. The molecule has 1 aliphatic carbocycles. The Kier molecular flexibility index (Phi) is 5.12. The van der Waals surface area contributed by atoms with Crippen LogP contribution in [-0.2, 0) is 9.53 Å². The second kappa shape index (κ2) is 7.38. The summed E-state index contributed by atoms with van der Waals surface area (Å²) in [7, 11) is 0. The summed E-state index contributed by atoms with van der Waals surface area (Å²) in [6.45, 7) is 9.97. The Hall–Kier alpha value is -2.41. The van der Waals surface area contributed by atoms with E-state index in [0.717, 1.165) is 25.8 Å². The van der Waals surface area contributed by atoms with Gasteiger partial charge >= 0.3 is 5.97 Å². The molecule has 2 fully saturated rings. The Labute approximate surface area is 176 Å². The lowest BCUT2D eigenvalue weighted by molar-refractivity contribution is -0.117. The van der Waals surface area contributed by atoms with Gasteiger partial charge in [-0.15, -0.1) is 0 Å². The number of carbonyl (C=O) groups excluding carboxylic acids is 2. The first kappa shape index (κ1) is 20.8. The van der Waals surface area contributed by atoms with Gasteiger partial charge in [-0.25, -0.2) is 9.18 Å². The summed E-state index contributed by atoms with van der Waals surface area (Å²) in [5.41, 5.74) is 1.49. The third-order valence-electron chi connectivity index (χ3n) is 6.37. The van der Waals surface area contributed by atoms with Crippen LogP contribution in [-0.4, -0.2) is 47.5 Å². The molecular weight excluding hydrogens is 385 g/mol. The van der Waals surface area contributed by atoms with E-state index in [4.69, 9.17) is 4.74 Å². The molecule has 2 aromatic rings. The van der Waals surface area contributed by atoms with Gasteiger partial charge in [0.25, 0.3) is 0 Å². The smallest absolute Gasteiger partial charge is 0.356 e. The van der Waals surface area contributed by atoms with Gasteiger partial charge in [0, 0.05) is 23.5 Å². The molecule has 30 heavy (non-hydrogen) atoms. The van der Waals surface area contributed by atoms with E-state index in [2.05, 4.69) is 36.0 Å². The number of nitrogens with one attached hydrogen (secondary N) is 2. The van der Waals surface area contributed by atoms with Crippen LogP contribution in [0.15, 0.2) is 18.2 Å². The van der Waals surface area contributed by atoms with E-state index in [1.807, 2.05) is 0 Å². The van der Waals surface area contributed by atoms with E-state index in [9.17, 15) is 14.0 Å². The summed E-state index contributed by atoms with van der Waals surface area (Å²) < 4.78 is 19.0. The van der Waals surface area contributed by atoms with Gasteiger partial charge in [0.1, 0.15) is 11.5 Å². The molecular formula is C23H30FN3O3. The molecule has 4 rings (SSSR count). The third-order valence-corrected chi connectivity index (χ3v) is 6.37. The number of likely N-dealkylation sites (tertiary alicyclic amines) is 1. The minimum absolute atomic E-state index is 0.138. The third kappa shape index (κ3) is 3.95. The highest BCUT2D eigenvalue weighted by Gasteiger charge is 2.49. The van der Waals surface area contributed by atoms with E-state index in [-0.39, 0.29) is 41.3 Å². The van der Waals surface area contributed by atoms with Crippen molar-refractivity contribution in [2.45, 2.75) is 53.0 Å². The molecule has 0 radical (unpaired) electrons. The number of hydrogen-bond acceptors (Lipinski definition) is 4. The van der Waals surface area contributed by atoms with Crippen molar-refractivity contribution in [3.8, 4) is 0 Å². The molecule has 6 nitrogen and oxygen atoms in total. The highest BCUT2D eigenvalue weighted by molar-refractivity contribution is 6.11. The second-order valence-electron chi connectivity index (χ2n) is 9.95. The van der Waals surface area contributed by atoms with Gasteiger partial charge in [-0.2, -0.15) is 0 Å². The lowest BCUT2D eigenvalue weighted by atomic mass is 9.65. The number of anilines is 1. The Morgan fingerprint density at radius 1 is 1.30 bits per heavy atom. The highest BCUT2D eigenvalue weighted by Crippen LogP contribution is 2.52. The van der Waals surface area contributed by atoms with E-state index in [0.29, 0.717) is 16.9 Å². The summed E-state index contributed by atoms with van der Waals surface area (Å²) in [5, 5.41) is 3.32. The molecule has 2 heterocycles. The maximum atomic E-state index is 13.9. The predicted octanol–water partition coefficient (Wildman–Crippen LogP) is 4.32. The quantitative estimate of drug-likeness (QED) is 0.713. The number of aromatic nitrogens is 1. The van der Waals surface area contributed by atoms with E-state index in [1.165, 1.54) is 12.1 Å². The van der Waals surface area contributed by atoms with Gasteiger partial charge < -0.3 is 15.0 Å². The van der Waals surface area contributed by atoms with Gasteiger partial charge in [0.2, 0.25) is 5.91 Å². The van der Waals surface area contributed by atoms with Crippen molar-refractivity contribution in [3.63, 3.8) is 0 Å². The topological polar surface area (TPSA) is 74.4 Å². The normalized spacial score (nSPS) is 25.4. The second-order valence-corrected chi connectivity index (χ2v) is 9.95. The fourth-order valence-electron chi connectivity index (χ4n) is 5.78. The maximum Gasteiger partial charge on any atom is 0.356 e. The number of H-pyrrole nitrogens is 1. The van der Waals surface area contributed by atoms with Crippen molar-refractivity contribution in [2.24, 2.45) is 10.8 Å². The lowest BCUT2D eigenvalue weighted by Crippen LogP contribution is -2.38. The number of carbonyl (C=O) groups is 2. The highest BCUT2D eigenvalue weighted by atomic mass is 19.1. The largest absolute Gasteiger partial charge is 0.461 e. The summed E-state index contributed by atoms with van der Waals surface area (Å²) in [6.07, 6.45) is 3.33. The van der Waals surface area contributed by atoms with Gasteiger partial charge in [0.15, 0.2) is 0 Å². The van der Waals surface area contributed by atoms with Gasteiger partial charge in [-0.1, -0.05) is 20.8 Å². The first-order valence-corrected chi connectivity index (χ1v) is 10.6. The number of halogens is 1. The van der Waals surface area contributed by atoms with Crippen LogP contribution in [0.2, 0.25) is 0 Å². The molecule has 1 saturated heterocycles. The van der Waals surface area contributed by atoms with Crippen molar-refractivity contribution in [3.05, 3.63) is 29.7 Å². The van der Waals surface area contributed by atoms with Gasteiger partial charge in [0.05, 0.1) is 18.8 Å². The van der Waals surface area contributed by atoms with Crippen LogP contribution < -0.4 is 5.32 Å². The number of hydrogen-bond donors (Lipinski definition) is 2. The minimum Gasteiger partial charge on any atom is -0.461 e. The molecule has 1 aromatic heterocycles. The zero-order chi connectivity index (χ0) is 21.7. The van der Waals surface area contributed by atoms with Crippen molar-refractivity contribution < 1.29 is 18.7 Å².